The molecule has 2 aromatic rings. The number of benzene rings is 1. The highest BCUT2D eigenvalue weighted by molar-refractivity contribution is 6.08. The number of hydrogen-bond donors (Lipinski definition) is 0. The molecule has 1 aliphatic rings. The van der Waals surface area contributed by atoms with Crippen molar-refractivity contribution in [2.75, 3.05) is 0 Å². The predicted molar refractivity (Wildman–Crippen MR) is 110 cm³/mol. The summed E-state index contributed by atoms with van der Waals surface area (Å²) in [6, 6.07) is 9.61. The minimum absolute atomic E-state index is 0.0694. The lowest BCUT2D eigenvalue weighted by molar-refractivity contribution is -0.155. The average molecular weight is 415 g/mol. The highest BCUT2D eigenvalue weighted by atomic mass is 19.1. The van der Waals surface area contributed by atoms with Gasteiger partial charge in [-0.25, -0.2) is 14.0 Å². The number of aryl methyl sites for hydroxylation is 1. The maximum atomic E-state index is 14.3. The van der Waals surface area contributed by atoms with Crippen molar-refractivity contribution >= 4 is 11.7 Å². The van der Waals surface area contributed by atoms with Crippen LogP contribution in [0.4, 0.5) is 4.39 Å². The van der Waals surface area contributed by atoms with E-state index >= 15 is 0 Å². The van der Waals surface area contributed by atoms with E-state index in [9.17, 15) is 14.0 Å². The average Bonchev–Trinajstić information content (AvgIpc) is 3.02. The summed E-state index contributed by atoms with van der Waals surface area (Å²) in [5.41, 5.74) is 0.514. The van der Waals surface area contributed by atoms with Crippen molar-refractivity contribution in [2.24, 2.45) is 10.9 Å². The Kier molecular flexibility index (Phi) is 6.34. The van der Waals surface area contributed by atoms with Crippen LogP contribution in [0.25, 0.3) is 0 Å². The predicted octanol–water partition coefficient (Wildman–Crippen LogP) is 3.61. The molecule has 0 saturated carbocycles. The normalized spacial score (nSPS) is 22.2. The van der Waals surface area contributed by atoms with Crippen molar-refractivity contribution in [2.45, 2.75) is 58.7 Å². The number of cyclic esters (lactones) is 1. The summed E-state index contributed by atoms with van der Waals surface area (Å²) in [5.74, 6) is -1.27. The Labute approximate surface area is 174 Å². The quantitative estimate of drug-likeness (QED) is 0.645. The number of carbonyl (C=O) groups is 1. The van der Waals surface area contributed by atoms with Gasteiger partial charge in [0.05, 0.1) is 12.3 Å². The summed E-state index contributed by atoms with van der Waals surface area (Å²) in [4.78, 5) is 29.0. The first-order valence-electron chi connectivity index (χ1n) is 9.95. The lowest BCUT2D eigenvalue weighted by atomic mass is 9.89. The second-order valence-corrected chi connectivity index (χ2v) is 7.98. The zero-order valence-electron chi connectivity index (χ0n) is 17.6. The number of hydrogen-bond acceptors (Lipinski definition) is 6. The van der Waals surface area contributed by atoms with Crippen LogP contribution in [0.15, 0.2) is 56.5 Å². The van der Waals surface area contributed by atoms with Crippen LogP contribution >= 0.6 is 0 Å². The molecule has 0 bridgehead atoms. The number of aliphatic imine (C=N–C) groups is 1. The molecule has 0 fully saturated rings. The Morgan fingerprint density at radius 1 is 1.30 bits per heavy atom. The minimum Gasteiger partial charge on any atom is -0.454 e. The summed E-state index contributed by atoms with van der Waals surface area (Å²) >= 11 is 0. The van der Waals surface area contributed by atoms with E-state index in [2.05, 4.69) is 9.68 Å². The number of aromatic nitrogens is 2. The molecular formula is C22H26FN3O4. The van der Waals surface area contributed by atoms with Gasteiger partial charge < -0.3 is 4.74 Å². The first kappa shape index (κ1) is 21.7. The molecule has 2 atom stereocenters. The molecule has 7 nitrogen and oxygen atoms in total. The van der Waals surface area contributed by atoms with Crippen molar-refractivity contribution < 1.29 is 18.4 Å². The Morgan fingerprint density at radius 2 is 2.00 bits per heavy atom. The van der Waals surface area contributed by atoms with Crippen LogP contribution in [0.3, 0.4) is 0 Å². The molecule has 0 N–H and O–H groups in total. The van der Waals surface area contributed by atoms with Crippen LogP contribution in [0.5, 0.6) is 0 Å². The summed E-state index contributed by atoms with van der Waals surface area (Å²) < 4.78 is 25.6. The van der Waals surface area contributed by atoms with E-state index in [1.54, 1.807) is 13.8 Å². The van der Waals surface area contributed by atoms with Gasteiger partial charge in [-0.05, 0) is 38.2 Å². The van der Waals surface area contributed by atoms with Crippen LogP contribution in [-0.4, -0.2) is 33.0 Å². The van der Waals surface area contributed by atoms with E-state index in [1.165, 1.54) is 6.08 Å². The van der Waals surface area contributed by atoms with E-state index in [0.29, 0.717) is 5.82 Å². The summed E-state index contributed by atoms with van der Waals surface area (Å²) in [6.07, 6.45) is 1.46. The topological polar surface area (TPSA) is 86.7 Å². The summed E-state index contributed by atoms with van der Waals surface area (Å²) in [5, 5.41) is 3.50. The first-order valence-corrected chi connectivity index (χ1v) is 9.95. The Bertz CT molecular complexity index is 1020. The second kappa shape index (κ2) is 8.77. The van der Waals surface area contributed by atoms with Crippen LogP contribution in [0.2, 0.25) is 0 Å². The molecule has 0 aliphatic carbocycles. The third-order valence-electron chi connectivity index (χ3n) is 5.16. The molecule has 2 unspecified atom stereocenters. The first-order chi connectivity index (χ1) is 14.2. The van der Waals surface area contributed by atoms with Gasteiger partial charge in [0.1, 0.15) is 11.9 Å². The molecule has 0 radical (unpaired) electrons. The highest BCUT2D eigenvalue weighted by Crippen LogP contribution is 2.30. The van der Waals surface area contributed by atoms with Gasteiger partial charge >= 0.3 is 11.7 Å². The number of esters is 1. The van der Waals surface area contributed by atoms with Crippen molar-refractivity contribution in [3.05, 3.63) is 64.2 Å². The Balaban J connectivity index is 1.79. The molecule has 0 saturated heterocycles. The monoisotopic (exact) mass is 415 g/mol. The van der Waals surface area contributed by atoms with Crippen LogP contribution < -0.4 is 5.76 Å². The fourth-order valence-electron chi connectivity index (χ4n) is 3.36. The molecule has 0 spiro atoms. The summed E-state index contributed by atoms with van der Waals surface area (Å²) in [6.45, 7) is 6.96. The molecule has 8 heteroatoms. The van der Waals surface area contributed by atoms with Crippen LogP contribution in [0.1, 0.15) is 45.0 Å². The number of rotatable bonds is 7. The van der Waals surface area contributed by atoms with E-state index in [0.717, 1.165) is 15.8 Å². The standard InChI is InChI=1S/C22H26FN3O4/c1-14(2)19-18(16-9-6-5-7-10-16)24-22(4,20(27)29-19)12-8-11-17(23)13-26-15(3)25-30-21(26)28/h5-7,9-11,14,19H,8,12-13H2,1-4H3/b17-11-. The molecule has 1 aromatic carbocycles. The van der Waals surface area contributed by atoms with Gasteiger partial charge in [-0.3, -0.25) is 14.1 Å². The lowest BCUT2D eigenvalue weighted by Gasteiger charge is -2.35. The fourth-order valence-corrected chi connectivity index (χ4v) is 3.36. The maximum absolute atomic E-state index is 14.3. The van der Waals surface area contributed by atoms with Crippen LogP contribution in [0, 0.1) is 12.8 Å². The van der Waals surface area contributed by atoms with Gasteiger partial charge in [-0.2, -0.15) is 0 Å². The number of allylic oxidation sites excluding steroid dienone is 2. The molecule has 2 heterocycles. The second-order valence-electron chi connectivity index (χ2n) is 7.98. The fraction of sp³-hybridized carbons (Fsp3) is 0.455. The Hall–Kier alpha value is -3.03. The molecule has 1 aliphatic heterocycles. The Morgan fingerprint density at radius 3 is 2.60 bits per heavy atom. The molecule has 1 aromatic heterocycles. The molecule has 160 valence electrons. The van der Waals surface area contributed by atoms with Crippen molar-refractivity contribution in [1.29, 1.82) is 0 Å². The van der Waals surface area contributed by atoms with Gasteiger partial charge in [0.2, 0.25) is 0 Å². The third kappa shape index (κ3) is 4.58. The number of halogens is 1. The van der Waals surface area contributed by atoms with Gasteiger partial charge in [0.15, 0.2) is 11.4 Å². The largest absolute Gasteiger partial charge is 0.454 e. The van der Waals surface area contributed by atoms with Gasteiger partial charge in [0, 0.05) is 0 Å². The molecule has 30 heavy (non-hydrogen) atoms. The van der Waals surface area contributed by atoms with Crippen molar-refractivity contribution in [1.82, 2.24) is 9.72 Å². The van der Waals surface area contributed by atoms with E-state index in [1.807, 2.05) is 44.2 Å². The maximum Gasteiger partial charge on any atom is 0.441 e. The minimum atomic E-state index is -1.11. The highest BCUT2D eigenvalue weighted by Gasteiger charge is 2.42. The van der Waals surface area contributed by atoms with Crippen LogP contribution in [-0.2, 0) is 16.1 Å². The zero-order chi connectivity index (χ0) is 21.9. The van der Waals surface area contributed by atoms with Crippen molar-refractivity contribution in [3.8, 4) is 0 Å². The number of carbonyl (C=O) groups excluding carboxylic acids is 1. The molecule has 0 amide bonds. The SMILES string of the molecule is Cc1noc(=O)n1C/C(F)=C/CCC1(C)N=C(c2ccccc2)C(C(C)C)OC1=O. The van der Waals surface area contributed by atoms with Gasteiger partial charge in [-0.1, -0.05) is 55.4 Å². The van der Waals surface area contributed by atoms with E-state index in [4.69, 9.17) is 9.73 Å². The number of nitrogens with zero attached hydrogens (tertiary/aromatic N) is 3. The lowest BCUT2D eigenvalue weighted by Crippen LogP contribution is -2.48. The van der Waals surface area contributed by atoms with Crippen molar-refractivity contribution in [3.63, 3.8) is 0 Å². The molecule has 3 rings (SSSR count). The van der Waals surface area contributed by atoms with Gasteiger partial charge in [0.25, 0.3) is 0 Å². The van der Waals surface area contributed by atoms with Gasteiger partial charge in [-0.15, -0.1) is 0 Å². The molecular weight excluding hydrogens is 389 g/mol. The smallest absolute Gasteiger partial charge is 0.441 e. The van der Waals surface area contributed by atoms with E-state index in [-0.39, 0.29) is 25.3 Å². The third-order valence-corrected chi connectivity index (χ3v) is 5.16. The number of ether oxygens (including phenoxy) is 1. The zero-order valence-corrected chi connectivity index (χ0v) is 17.6. The summed E-state index contributed by atoms with van der Waals surface area (Å²) in [7, 11) is 0. The van der Waals surface area contributed by atoms with E-state index < -0.39 is 29.2 Å².